The van der Waals surface area contributed by atoms with Gasteiger partial charge >= 0.3 is 6.09 Å². The second-order valence-corrected chi connectivity index (χ2v) is 5.58. The molecule has 6 heteroatoms. The van der Waals surface area contributed by atoms with Gasteiger partial charge in [0.25, 0.3) is 5.91 Å². The smallest absolute Gasteiger partial charge is 0.409 e. The largest absolute Gasteiger partial charge is 0.451 e. The van der Waals surface area contributed by atoms with Crippen molar-refractivity contribution in [2.45, 2.75) is 25.8 Å². The Morgan fingerprint density at radius 3 is 2.74 bits per heavy atom. The zero-order valence-corrected chi connectivity index (χ0v) is 13.1. The van der Waals surface area contributed by atoms with Crippen molar-refractivity contribution in [1.29, 1.82) is 0 Å². The molecule has 0 atom stereocenters. The summed E-state index contributed by atoms with van der Waals surface area (Å²) in [6, 6.07) is 9.32. The van der Waals surface area contributed by atoms with Crippen LogP contribution in [0.15, 0.2) is 34.7 Å². The minimum Gasteiger partial charge on any atom is -0.451 e. The summed E-state index contributed by atoms with van der Waals surface area (Å²) in [6.45, 7) is 3.34. The Morgan fingerprint density at radius 2 is 2.04 bits per heavy atom. The highest BCUT2D eigenvalue weighted by molar-refractivity contribution is 5.96. The second kappa shape index (κ2) is 6.73. The molecule has 6 nitrogen and oxygen atoms in total. The average molecular weight is 316 g/mol. The van der Waals surface area contributed by atoms with Crippen LogP contribution in [0.5, 0.6) is 0 Å². The maximum absolute atomic E-state index is 12.3. The minimum absolute atomic E-state index is 0.0430. The normalized spacial score (nSPS) is 15.6. The molecule has 0 spiro atoms. The van der Waals surface area contributed by atoms with Crippen LogP contribution < -0.4 is 5.32 Å². The Morgan fingerprint density at radius 1 is 1.30 bits per heavy atom. The lowest BCUT2D eigenvalue weighted by Gasteiger charge is -2.31. The first-order chi connectivity index (χ1) is 11.2. The number of benzene rings is 1. The molecule has 23 heavy (non-hydrogen) atoms. The fraction of sp³-hybridized carbons (Fsp3) is 0.412. The fourth-order valence-electron chi connectivity index (χ4n) is 2.77. The number of likely N-dealkylation sites (tertiary alicyclic amines) is 1. The molecule has 2 heterocycles. The number of piperidine rings is 1. The molecule has 1 saturated heterocycles. The number of nitrogens with one attached hydrogen (secondary N) is 1. The topological polar surface area (TPSA) is 71.8 Å². The fourth-order valence-corrected chi connectivity index (χ4v) is 2.77. The van der Waals surface area contributed by atoms with Crippen molar-refractivity contribution in [3.05, 3.63) is 36.1 Å². The lowest BCUT2D eigenvalue weighted by atomic mass is 10.1. The van der Waals surface area contributed by atoms with E-state index in [0.29, 0.717) is 43.9 Å². The number of ether oxygens (including phenoxy) is 1. The lowest BCUT2D eigenvalue weighted by Crippen LogP contribution is -2.46. The van der Waals surface area contributed by atoms with Gasteiger partial charge in [0.05, 0.1) is 6.61 Å². The highest BCUT2D eigenvalue weighted by atomic mass is 16.6. The standard InChI is InChI=1S/C17H20N2O4/c1-2-22-17(21)19-9-7-13(8-10-19)18-16(20)15-11-12-5-3-4-6-14(12)23-15/h3-6,11,13H,2,7-10H2,1H3,(H,18,20). The molecule has 0 unspecified atom stereocenters. The minimum atomic E-state index is -0.283. The van der Waals surface area contributed by atoms with Gasteiger partial charge in [-0.05, 0) is 31.9 Å². The third-order valence-electron chi connectivity index (χ3n) is 4.01. The number of amides is 2. The van der Waals surface area contributed by atoms with Crippen LogP contribution in [0.2, 0.25) is 0 Å². The van der Waals surface area contributed by atoms with Crippen molar-refractivity contribution in [2.75, 3.05) is 19.7 Å². The first-order valence-corrected chi connectivity index (χ1v) is 7.88. The Bertz CT molecular complexity index is 668. The van der Waals surface area contributed by atoms with E-state index in [0.717, 1.165) is 5.39 Å². The number of para-hydroxylation sites is 1. The maximum Gasteiger partial charge on any atom is 0.409 e. The Kier molecular flexibility index (Phi) is 4.50. The van der Waals surface area contributed by atoms with E-state index in [-0.39, 0.29) is 18.0 Å². The summed E-state index contributed by atoms with van der Waals surface area (Å²) in [6.07, 6.45) is 1.14. The molecular weight excluding hydrogens is 296 g/mol. The van der Waals surface area contributed by atoms with E-state index < -0.39 is 0 Å². The molecular formula is C17H20N2O4. The monoisotopic (exact) mass is 316 g/mol. The van der Waals surface area contributed by atoms with Gasteiger partial charge in [0.1, 0.15) is 5.58 Å². The van der Waals surface area contributed by atoms with Crippen LogP contribution in [-0.2, 0) is 4.74 Å². The molecule has 122 valence electrons. The van der Waals surface area contributed by atoms with Crippen LogP contribution in [0.4, 0.5) is 4.79 Å². The van der Waals surface area contributed by atoms with Crippen LogP contribution in [0.25, 0.3) is 11.0 Å². The van der Waals surface area contributed by atoms with Gasteiger partial charge in [-0.3, -0.25) is 4.79 Å². The molecule has 1 aliphatic rings. The van der Waals surface area contributed by atoms with Crippen molar-refractivity contribution in [3.8, 4) is 0 Å². The number of nitrogens with zero attached hydrogens (tertiary/aromatic N) is 1. The van der Waals surface area contributed by atoms with E-state index in [9.17, 15) is 9.59 Å². The van der Waals surface area contributed by atoms with Crippen LogP contribution in [-0.4, -0.2) is 42.6 Å². The molecule has 2 aromatic rings. The number of furan rings is 1. The number of hydrogen-bond acceptors (Lipinski definition) is 4. The molecule has 0 aliphatic carbocycles. The van der Waals surface area contributed by atoms with Crippen molar-refractivity contribution in [3.63, 3.8) is 0 Å². The number of hydrogen-bond donors (Lipinski definition) is 1. The van der Waals surface area contributed by atoms with E-state index >= 15 is 0 Å². The highest BCUT2D eigenvalue weighted by Gasteiger charge is 2.25. The molecule has 1 aliphatic heterocycles. The number of carbonyl (C=O) groups is 2. The van der Waals surface area contributed by atoms with Gasteiger partial charge in [0, 0.05) is 24.5 Å². The predicted molar refractivity (Wildman–Crippen MR) is 85.3 cm³/mol. The molecule has 0 saturated carbocycles. The first-order valence-electron chi connectivity index (χ1n) is 7.88. The summed E-state index contributed by atoms with van der Waals surface area (Å²) in [4.78, 5) is 25.6. The van der Waals surface area contributed by atoms with Crippen molar-refractivity contribution < 1.29 is 18.7 Å². The Labute approximate surface area is 134 Å². The van der Waals surface area contributed by atoms with Crippen LogP contribution in [0.3, 0.4) is 0 Å². The van der Waals surface area contributed by atoms with Gasteiger partial charge in [-0.15, -0.1) is 0 Å². The molecule has 1 N–H and O–H groups in total. The zero-order chi connectivity index (χ0) is 16.2. The van der Waals surface area contributed by atoms with Gasteiger partial charge in [0.15, 0.2) is 5.76 Å². The van der Waals surface area contributed by atoms with E-state index in [1.54, 1.807) is 17.9 Å². The molecule has 1 aromatic carbocycles. The zero-order valence-electron chi connectivity index (χ0n) is 13.1. The summed E-state index contributed by atoms with van der Waals surface area (Å²) in [5, 5.41) is 3.89. The lowest BCUT2D eigenvalue weighted by molar-refractivity contribution is 0.0842. The van der Waals surface area contributed by atoms with E-state index in [1.807, 2.05) is 24.3 Å². The molecule has 0 radical (unpaired) electrons. The SMILES string of the molecule is CCOC(=O)N1CCC(NC(=O)c2cc3ccccc3o2)CC1. The maximum atomic E-state index is 12.3. The molecule has 0 bridgehead atoms. The molecule has 1 aromatic heterocycles. The van der Waals surface area contributed by atoms with E-state index in [1.165, 1.54) is 0 Å². The molecule has 1 fully saturated rings. The van der Waals surface area contributed by atoms with Crippen molar-refractivity contribution in [1.82, 2.24) is 10.2 Å². The van der Waals surface area contributed by atoms with Crippen LogP contribution >= 0.6 is 0 Å². The highest BCUT2D eigenvalue weighted by Crippen LogP contribution is 2.19. The summed E-state index contributed by atoms with van der Waals surface area (Å²) in [7, 11) is 0. The quantitative estimate of drug-likeness (QED) is 0.945. The Balaban J connectivity index is 1.56. The van der Waals surface area contributed by atoms with Crippen molar-refractivity contribution in [2.24, 2.45) is 0 Å². The third-order valence-corrected chi connectivity index (χ3v) is 4.01. The number of carbonyl (C=O) groups excluding carboxylic acids is 2. The number of rotatable bonds is 3. The molecule has 2 amide bonds. The second-order valence-electron chi connectivity index (χ2n) is 5.58. The van der Waals surface area contributed by atoms with Gasteiger partial charge in [-0.2, -0.15) is 0 Å². The predicted octanol–water partition coefficient (Wildman–Crippen LogP) is 2.78. The summed E-state index contributed by atoms with van der Waals surface area (Å²) >= 11 is 0. The summed E-state index contributed by atoms with van der Waals surface area (Å²) in [5.41, 5.74) is 0.704. The van der Waals surface area contributed by atoms with Gasteiger partial charge < -0.3 is 19.4 Å². The summed E-state index contributed by atoms with van der Waals surface area (Å²) in [5.74, 6) is 0.106. The Hall–Kier alpha value is -2.50. The third kappa shape index (κ3) is 3.47. The first kappa shape index (κ1) is 15.4. The van der Waals surface area contributed by atoms with Gasteiger partial charge in [-0.25, -0.2) is 4.79 Å². The van der Waals surface area contributed by atoms with Crippen LogP contribution in [0.1, 0.15) is 30.3 Å². The van der Waals surface area contributed by atoms with E-state index in [4.69, 9.17) is 9.15 Å². The van der Waals surface area contributed by atoms with Crippen molar-refractivity contribution >= 4 is 23.0 Å². The van der Waals surface area contributed by atoms with Gasteiger partial charge in [-0.1, -0.05) is 18.2 Å². The number of fused-ring (bicyclic) bond motifs is 1. The summed E-state index contributed by atoms with van der Waals surface area (Å²) < 4.78 is 10.6. The van der Waals surface area contributed by atoms with E-state index in [2.05, 4.69) is 5.32 Å². The van der Waals surface area contributed by atoms with Gasteiger partial charge in [0.2, 0.25) is 0 Å². The average Bonchev–Trinajstić information content (AvgIpc) is 3.00. The molecule has 3 rings (SSSR count). The van der Waals surface area contributed by atoms with Crippen LogP contribution in [0, 0.1) is 0 Å².